The molecule has 4 aromatic heterocycles. The van der Waals surface area contributed by atoms with Gasteiger partial charge in [0.2, 0.25) is 0 Å². The average Bonchev–Trinajstić information content (AvgIpc) is 3.27. The first kappa shape index (κ1) is 20.5. The first-order valence-corrected chi connectivity index (χ1v) is 10.7. The minimum atomic E-state index is -0.0964. The average molecular weight is 435 g/mol. The molecule has 5 aromatic rings. The van der Waals surface area contributed by atoms with Crippen molar-refractivity contribution in [2.24, 2.45) is 0 Å². The molecule has 7 nitrogen and oxygen atoms in total. The number of carbonyl (C=O) groups is 1. The third-order valence-electron chi connectivity index (χ3n) is 5.40. The standard InChI is InChI=1S/C26H22N6O/c33-26(31(17-21-8-11-27-12-9-21)18-22-7-4-10-28-14-22)24-13-23-16-30-32(25(23)29-15-24)19-20-5-2-1-3-6-20/h1-16H,17-19H2. The van der Waals surface area contributed by atoms with Gasteiger partial charge in [-0.15, -0.1) is 0 Å². The highest BCUT2D eigenvalue weighted by Crippen LogP contribution is 2.18. The minimum Gasteiger partial charge on any atom is -0.330 e. The molecular weight excluding hydrogens is 412 g/mol. The van der Waals surface area contributed by atoms with Crippen molar-refractivity contribution in [3.8, 4) is 0 Å². The lowest BCUT2D eigenvalue weighted by Crippen LogP contribution is -2.30. The number of aromatic nitrogens is 5. The fourth-order valence-electron chi connectivity index (χ4n) is 3.76. The van der Waals surface area contributed by atoms with E-state index in [2.05, 4.69) is 32.2 Å². The normalized spacial score (nSPS) is 10.9. The summed E-state index contributed by atoms with van der Waals surface area (Å²) in [6.07, 6.45) is 10.4. The van der Waals surface area contributed by atoms with Crippen LogP contribution < -0.4 is 0 Å². The summed E-state index contributed by atoms with van der Waals surface area (Å²) in [7, 11) is 0. The summed E-state index contributed by atoms with van der Waals surface area (Å²) in [6.45, 7) is 1.53. The van der Waals surface area contributed by atoms with Crippen LogP contribution in [0.2, 0.25) is 0 Å². The van der Waals surface area contributed by atoms with Gasteiger partial charge in [0, 0.05) is 49.5 Å². The number of hydrogen-bond acceptors (Lipinski definition) is 5. The number of hydrogen-bond donors (Lipinski definition) is 0. The molecule has 0 saturated carbocycles. The van der Waals surface area contributed by atoms with E-state index in [4.69, 9.17) is 0 Å². The van der Waals surface area contributed by atoms with Gasteiger partial charge in [0.1, 0.15) is 0 Å². The van der Waals surface area contributed by atoms with Gasteiger partial charge in [-0.2, -0.15) is 5.10 Å². The highest BCUT2D eigenvalue weighted by molar-refractivity contribution is 5.96. The Kier molecular flexibility index (Phi) is 5.84. The Morgan fingerprint density at radius 2 is 1.58 bits per heavy atom. The highest BCUT2D eigenvalue weighted by atomic mass is 16.2. The lowest BCUT2D eigenvalue weighted by Gasteiger charge is -2.23. The Hall–Kier alpha value is -4.39. The van der Waals surface area contributed by atoms with Gasteiger partial charge < -0.3 is 4.90 Å². The van der Waals surface area contributed by atoms with Crippen LogP contribution in [-0.2, 0) is 19.6 Å². The Morgan fingerprint density at radius 3 is 2.36 bits per heavy atom. The zero-order chi connectivity index (χ0) is 22.5. The maximum atomic E-state index is 13.5. The van der Waals surface area contributed by atoms with Gasteiger partial charge in [-0.3, -0.25) is 14.8 Å². The van der Waals surface area contributed by atoms with Crippen LogP contribution >= 0.6 is 0 Å². The zero-order valence-electron chi connectivity index (χ0n) is 18.0. The maximum Gasteiger partial charge on any atom is 0.256 e. The van der Waals surface area contributed by atoms with Gasteiger partial charge in [-0.25, -0.2) is 9.67 Å². The summed E-state index contributed by atoms with van der Waals surface area (Å²) in [6, 6.07) is 19.6. The molecule has 7 heteroatoms. The van der Waals surface area contributed by atoms with E-state index in [1.54, 1.807) is 42.1 Å². The van der Waals surface area contributed by atoms with Crippen molar-refractivity contribution in [2.45, 2.75) is 19.6 Å². The smallest absolute Gasteiger partial charge is 0.256 e. The molecule has 1 aromatic carbocycles. The van der Waals surface area contributed by atoms with Crippen LogP contribution in [0.3, 0.4) is 0 Å². The Balaban J connectivity index is 1.42. The van der Waals surface area contributed by atoms with Gasteiger partial charge in [0.25, 0.3) is 5.91 Å². The van der Waals surface area contributed by atoms with Crippen LogP contribution in [0.15, 0.2) is 97.8 Å². The molecule has 0 aliphatic rings. The second-order valence-corrected chi connectivity index (χ2v) is 7.80. The molecule has 4 heterocycles. The largest absolute Gasteiger partial charge is 0.330 e. The van der Waals surface area contributed by atoms with E-state index >= 15 is 0 Å². The van der Waals surface area contributed by atoms with Crippen LogP contribution in [0.5, 0.6) is 0 Å². The lowest BCUT2D eigenvalue weighted by atomic mass is 10.1. The number of carbonyl (C=O) groups excluding carboxylic acids is 1. The fraction of sp³-hybridized carbons (Fsp3) is 0.115. The molecule has 33 heavy (non-hydrogen) atoms. The Labute approximate surface area is 191 Å². The van der Waals surface area contributed by atoms with Crippen LogP contribution in [0.4, 0.5) is 0 Å². The van der Waals surface area contributed by atoms with Crippen LogP contribution in [-0.4, -0.2) is 35.5 Å². The summed E-state index contributed by atoms with van der Waals surface area (Å²) in [5.41, 5.74) is 4.39. The molecule has 0 N–H and O–H groups in total. The van der Waals surface area contributed by atoms with E-state index < -0.39 is 0 Å². The molecule has 0 bridgehead atoms. The Morgan fingerprint density at radius 1 is 0.788 bits per heavy atom. The van der Waals surface area contributed by atoms with Crippen LogP contribution in [0.25, 0.3) is 11.0 Å². The quantitative estimate of drug-likeness (QED) is 0.385. The van der Waals surface area contributed by atoms with Crippen molar-refractivity contribution in [3.63, 3.8) is 0 Å². The first-order valence-electron chi connectivity index (χ1n) is 10.7. The topological polar surface area (TPSA) is 76.8 Å². The minimum absolute atomic E-state index is 0.0964. The monoisotopic (exact) mass is 434 g/mol. The molecule has 0 aliphatic heterocycles. The van der Waals surface area contributed by atoms with E-state index in [0.717, 1.165) is 27.7 Å². The highest BCUT2D eigenvalue weighted by Gasteiger charge is 2.19. The number of benzene rings is 1. The number of nitrogens with zero attached hydrogens (tertiary/aromatic N) is 6. The third kappa shape index (κ3) is 4.77. The van der Waals surface area contributed by atoms with Gasteiger partial charge in [0.05, 0.1) is 18.3 Å². The van der Waals surface area contributed by atoms with Crippen molar-refractivity contribution in [2.75, 3.05) is 0 Å². The SMILES string of the molecule is O=C(c1cnc2c(cnn2Cc2ccccc2)c1)N(Cc1ccncc1)Cc1cccnc1. The van der Waals surface area contributed by atoms with Gasteiger partial charge in [-0.1, -0.05) is 36.4 Å². The van der Waals surface area contributed by atoms with Gasteiger partial charge >= 0.3 is 0 Å². The molecule has 0 unspecified atom stereocenters. The first-order chi connectivity index (χ1) is 16.3. The number of pyridine rings is 3. The molecule has 0 atom stereocenters. The molecule has 162 valence electrons. The predicted molar refractivity (Wildman–Crippen MR) is 125 cm³/mol. The van der Waals surface area contributed by atoms with Crippen molar-refractivity contribution in [1.29, 1.82) is 0 Å². The third-order valence-corrected chi connectivity index (χ3v) is 5.40. The van der Waals surface area contributed by atoms with Crippen molar-refractivity contribution >= 4 is 16.9 Å². The Bertz CT molecular complexity index is 1310. The predicted octanol–water partition coefficient (Wildman–Crippen LogP) is 4.11. The van der Waals surface area contributed by atoms with Gasteiger partial charge in [-0.05, 0) is 41.0 Å². The summed E-state index contributed by atoms with van der Waals surface area (Å²) in [5, 5.41) is 5.32. The van der Waals surface area contributed by atoms with E-state index in [0.29, 0.717) is 25.2 Å². The summed E-state index contributed by atoms with van der Waals surface area (Å²) in [5.74, 6) is -0.0964. The van der Waals surface area contributed by atoms with Crippen molar-refractivity contribution < 1.29 is 4.79 Å². The van der Waals surface area contributed by atoms with Gasteiger partial charge in [0.15, 0.2) is 5.65 Å². The van der Waals surface area contributed by atoms with E-state index in [1.807, 2.05) is 53.2 Å². The molecule has 0 aliphatic carbocycles. The molecule has 1 amide bonds. The van der Waals surface area contributed by atoms with Crippen molar-refractivity contribution in [1.82, 2.24) is 29.6 Å². The number of rotatable bonds is 7. The summed E-state index contributed by atoms with van der Waals surface area (Å²) >= 11 is 0. The molecule has 0 spiro atoms. The lowest BCUT2D eigenvalue weighted by molar-refractivity contribution is 0.0729. The molecule has 5 rings (SSSR count). The second-order valence-electron chi connectivity index (χ2n) is 7.80. The van der Waals surface area contributed by atoms with Crippen LogP contribution in [0.1, 0.15) is 27.0 Å². The number of amides is 1. The maximum absolute atomic E-state index is 13.5. The fourth-order valence-corrected chi connectivity index (χ4v) is 3.76. The van der Waals surface area contributed by atoms with Crippen molar-refractivity contribution in [3.05, 3.63) is 120 Å². The molecule has 0 radical (unpaired) electrons. The summed E-state index contributed by atoms with van der Waals surface area (Å²) < 4.78 is 1.85. The summed E-state index contributed by atoms with van der Waals surface area (Å²) in [4.78, 5) is 28.2. The molecule has 0 fully saturated rings. The van der Waals surface area contributed by atoms with E-state index in [9.17, 15) is 4.79 Å². The zero-order valence-corrected chi connectivity index (χ0v) is 18.0. The number of fused-ring (bicyclic) bond motifs is 1. The van der Waals surface area contributed by atoms with E-state index in [1.165, 1.54) is 0 Å². The van der Waals surface area contributed by atoms with E-state index in [-0.39, 0.29) is 5.91 Å². The molecular formula is C26H22N6O. The second kappa shape index (κ2) is 9.40. The molecule has 0 saturated heterocycles. The van der Waals surface area contributed by atoms with Crippen LogP contribution in [0, 0.1) is 0 Å².